The number of amides is 1. The Morgan fingerprint density at radius 1 is 1.00 bits per heavy atom. The molecule has 4 rings (SSSR count). The fourth-order valence-corrected chi connectivity index (χ4v) is 2.78. The molecule has 3 heterocycles. The third kappa shape index (κ3) is 2.81. The summed E-state index contributed by atoms with van der Waals surface area (Å²) in [6.07, 6.45) is 6.43. The van der Waals surface area contributed by atoms with Crippen molar-refractivity contribution in [1.82, 2.24) is 15.0 Å². The number of carbonyl (C=O) groups excluding carboxylic acids is 1. The molecule has 0 aliphatic carbocycles. The number of carbonyl (C=O) groups is 1. The minimum Gasteiger partial charge on any atom is -0.361 e. The van der Waals surface area contributed by atoms with Gasteiger partial charge in [0.2, 0.25) is 0 Å². The van der Waals surface area contributed by atoms with E-state index in [4.69, 9.17) is 0 Å². The molecule has 0 bridgehead atoms. The Morgan fingerprint density at radius 2 is 1.84 bits per heavy atom. The Kier molecular flexibility index (Phi) is 3.63. The van der Waals surface area contributed by atoms with Crippen molar-refractivity contribution in [2.75, 3.05) is 5.32 Å². The zero-order valence-electron chi connectivity index (χ0n) is 13.1. The van der Waals surface area contributed by atoms with Gasteiger partial charge in [0.1, 0.15) is 0 Å². The number of hydrogen-bond acceptors (Lipinski definition) is 3. The molecule has 122 valence electrons. The Balaban J connectivity index is 1.73. The van der Waals surface area contributed by atoms with E-state index in [1.54, 1.807) is 30.6 Å². The van der Waals surface area contributed by atoms with E-state index in [1.807, 2.05) is 30.5 Å². The monoisotopic (exact) mass is 330 g/mol. The van der Waals surface area contributed by atoms with Crippen LogP contribution in [0, 0.1) is 0 Å². The number of H-pyrrole nitrogens is 2. The third-order valence-corrected chi connectivity index (χ3v) is 3.99. The van der Waals surface area contributed by atoms with Gasteiger partial charge in [0.15, 0.2) is 0 Å². The predicted molar refractivity (Wildman–Crippen MR) is 96.5 cm³/mol. The minimum absolute atomic E-state index is 0.212. The van der Waals surface area contributed by atoms with E-state index in [9.17, 15) is 9.59 Å². The Morgan fingerprint density at radius 3 is 2.68 bits per heavy atom. The lowest BCUT2D eigenvalue weighted by atomic mass is 10.0. The highest BCUT2D eigenvalue weighted by molar-refractivity contribution is 6.04. The van der Waals surface area contributed by atoms with Crippen LogP contribution in [0.15, 0.2) is 72.0 Å². The summed E-state index contributed by atoms with van der Waals surface area (Å²) in [5.74, 6) is -0.264. The number of aromatic nitrogens is 3. The van der Waals surface area contributed by atoms with Gasteiger partial charge in [-0.2, -0.15) is 0 Å². The lowest BCUT2D eigenvalue weighted by molar-refractivity contribution is 0.102. The molecule has 6 heteroatoms. The molecule has 0 aliphatic heterocycles. The smallest absolute Gasteiger partial charge is 0.255 e. The summed E-state index contributed by atoms with van der Waals surface area (Å²) in [5.41, 5.74) is 3.05. The number of hydrogen-bond donors (Lipinski definition) is 3. The summed E-state index contributed by atoms with van der Waals surface area (Å²) in [6, 6.07) is 12.6. The van der Waals surface area contributed by atoms with Gasteiger partial charge >= 0.3 is 0 Å². The first-order chi connectivity index (χ1) is 12.2. The number of anilines is 1. The van der Waals surface area contributed by atoms with Crippen molar-refractivity contribution in [3.05, 3.63) is 83.2 Å². The second kappa shape index (κ2) is 6.09. The van der Waals surface area contributed by atoms with Gasteiger partial charge in [0.25, 0.3) is 11.5 Å². The highest BCUT2D eigenvalue weighted by Gasteiger charge is 2.11. The standard InChI is InChI=1S/C19H14N4O2/c24-18(12-4-7-20-8-5-12)23-13-10-16(19(25)22-11-13)14-2-1-3-17-15(14)6-9-21-17/h1-11,21H,(H,22,25)(H,23,24). The van der Waals surface area contributed by atoms with Crippen LogP contribution in [-0.2, 0) is 0 Å². The Hall–Kier alpha value is -3.67. The van der Waals surface area contributed by atoms with Crippen molar-refractivity contribution < 1.29 is 4.79 Å². The summed E-state index contributed by atoms with van der Waals surface area (Å²) in [5, 5.41) is 3.74. The molecule has 0 saturated heterocycles. The second-order valence-electron chi connectivity index (χ2n) is 5.57. The first-order valence-electron chi connectivity index (χ1n) is 7.73. The number of fused-ring (bicyclic) bond motifs is 1. The Bertz CT molecular complexity index is 1110. The molecule has 0 radical (unpaired) electrons. The summed E-state index contributed by atoms with van der Waals surface area (Å²) >= 11 is 0. The summed E-state index contributed by atoms with van der Waals surface area (Å²) < 4.78 is 0. The van der Waals surface area contributed by atoms with Gasteiger partial charge < -0.3 is 15.3 Å². The van der Waals surface area contributed by atoms with Gasteiger partial charge in [0.05, 0.1) is 5.69 Å². The number of rotatable bonds is 3. The van der Waals surface area contributed by atoms with Crippen LogP contribution in [0.3, 0.4) is 0 Å². The molecule has 0 aliphatic rings. The maximum absolute atomic E-state index is 12.3. The molecule has 0 unspecified atom stereocenters. The maximum Gasteiger partial charge on any atom is 0.255 e. The van der Waals surface area contributed by atoms with Gasteiger partial charge in [-0.1, -0.05) is 12.1 Å². The fraction of sp³-hybridized carbons (Fsp3) is 0. The molecule has 3 aromatic heterocycles. The highest BCUT2D eigenvalue weighted by Crippen LogP contribution is 2.27. The van der Waals surface area contributed by atoms with Crippen molar-refractivity contribution in [1.29, 1.82) is 0 Å². The first-order valence-corrected chi connectivity index (χ1v) is 7.73. The fourth-order valence-electron chi connectivity index (χ4n) is 2.78. The third-order valence-electron chi connectivity index (χ3n) is 3.99. The van der Waals surface area contributed by atoms with E-state index >= 15 is 0 Å². The highest BCUT2D eigenvalue weighted by atomic mass is 16.1. The molecular weight excluding hydrogens is 316 g/mol. The second-order valence-corrected chi connectivity index (χ2v) is 5.57. The van der Waals surface area contributed by atoms with Gasteiger partial charge in [-0.3, -0.25) is 14.6 Å². The van der Waals surface area contributed by atoms with Crippen LogP contribution in [0.4, 0.5) is 5.69 Å². The number of nitrogens with zero attached hydrogens (tertiary/aromatic N) is 1. The van der Waals surface area contributed by atoms with E-state index in [-0.39, 0.29) is 11.5 Å². The van der Waals surface area contributed by atoms with E-state index in [1.165, 1.54) is 6.20 Å². The first kappa shape index (κ1) is 14.9. The summed E-state index contributed by atoms with van der Waals surface area (Å²) in [7, 11) is 0. The number of pyridine rings is 2. The SMILES string of the molecule is O=C(Nc1c[nH]c(=O)c(-c2cccc3[nH]ccc23)c1)c1ccncc1. The average molecular weight is 330 g/mol. The molecule has 4 aromatic rings. The molecule has 6 nitrogen and oxygen atoms in total. The maximum atomic E-state index is 12.3. The molecule has 0 spiro atoms. The van der Waals surface area contributed by atoms with E-state index in [2.05, 4.69) is 20.3 Å². The van der Waals surface area contributed by atoms with Gasteiger partial charge in [-0.05, 0) is 35.9 Å². The molecule has 0 fully saturated rings. The van der Waals surface area contributed by atoms with Crippen LogP contribution in [0.5, 0.6) is 0 Å². The van der Waals surface area contributed by atoms with Crippen molar-refractivity contribution >= 4 is 22.5 Å². The van der Waals surface area contributed by atoms with Crippen molar-refractivity contribution in [3.63, 3.8) is 0 Å². The van der Waals surface area contributed by atoms with Crippen molar-refractivity contribution in [2.24, 2.45) is 0 Å². The molecule has 0 saturated carbocycles. The van der Waals surface area contributed by atoms with Gasteiger partial charge in [-0.15, -0.1) is 0 Å². The van der Waals surface area contributed by atoms with Crippen LogP contribution in [0.2, 0.25) is 0 Å². The van der Waals surface area contributed by atoms with Gasteiger partial charge in [0, 0.05) is 46.8 Å². The lowest BCUT2D eigenvalue weighted by Gasteiger charge is -2.08. The van der Waals surface area contributed by atoms with Crippen LogP contribution < -0.4 is 10.9 Å². The zero-order chi connectivity index (χ0) is 17.2. The van der Waals surface area contributed by atoms with Crippen molar-refractivity contribution in [2.45, 2.75) is 0 Å². The van der Waals surface area contributed by atoms with E-state index < -0.39 is 0 Å². The predicted octanol–water partition coefficient (Wildman–Crippen LogP) is 3.17. The molecule has 3 N–H and O–H groups in total. The van der Waals surface area contributed by atoms with E-state index in [0.717, 1.165) is 16.5 Å². The summed E-state index contributed by atoms with van der Waals surface area (Å²) in [4.78, 5) is 34.3. The number of aromatic amines is 2. The Labute approximate surface area is 142 Å². The van der Waals surface area contributed by atoms with Gasteiger partial charge in [-0.25, -0.2) is 0 Å². The lowest BCUT2D eigenvalue weighted by Crippen LogP contribution is -2.15. The normalized spacial score (nSPS) is 10.7. The van der Waals surface area contributed by atoms with Crippen LogP contribution in [-0.4, -0.2) is 20.9 Å². The van der Waals surface area contributed by atoms with Crippen LogP contribution in [0.25, 0.3) is 22.0 Å². The minimum atomic E-state index is -0.264. The zero-order valence-corrected chi connectivity index (χ0v) is 13.1. The topological polar surface area (TPSA) is 90.6 Å². The molecule has 1 amide bonds. The molecular formula is C19H14N4O2. The molecule has 0 atom stereocenters. The number of benzene rings is 1. The molecule has 25 heavy (non-hydrogen) atoms. The van der Waals surface area contributed by atoms with Crippen LogP contribution >= 0.6 is 0 Å². The van der Waals surface area contributed by atoms with Crippen molar-refractivity contribution in [3.8, 4) is 11.1 Å². The molecule has 1 aromatic carbocycles. The quantitative estimate of drug-likeness (QED) is 0.539. The van der Waals surface area contributed by atoms with E-state index in [0.29, 0.717) is 16.8 Å². The average Bonchev–Trinajstić information content (AvgIpc) is 3.13. The summed E-state index contributed by atoms with van der Waals surface area (Å²) in [6.45, 7) is 0. The van der Waals surface area contributed by atoms with Crippen LogP contribution in [0.1, 0.15) is 10.4 Å². The largest absolute Gasteiger partial charge is 0.361 e. The number of nitrogens with one attached hydrogen (secondary N) is 3.